The minimum atomic E-state index is -4.97. The summed E-state index contributed by atoms with van der Waals surface area (Å²) in [4.78, 5) is 73.5. The van der Waals surface area contributed by atoms with Crippen LogP contribution in [-0.4, -0.2) is 96.7 Å². The lowest BCUT2D eigenvalue weighted by Crippen LogP contribution is -2.30. The summed E-state index contributed by atoms with van der Waals surface area (Å²) in [7, 11) is -9.94. The molecule has 113 heavy (non-hydrogen) atoms. The molecule has 0 spiro atoms. The summed E-state index contributed by atoms with van der Waals surface area (Å²) in [6, 6.07) is 0. The minimum Gasteiger partial charge on any atom is -0.462 e. The zero-order valence-corrected chi connectivity index (χ0v) is 76.8. The van der Waals surface area contributed by atoms with Crippen molar-refractivity contribution in [3.63, 3.8) is 0 Å². The highest BCUT2D eigenvalue weighted by Gasteiger charge is 2.31. The molecule has 6 atom stereocenters. The number of hydrogen-bond acceptors (Lipinski definition) is 15. The number of carbonyl (C=O) groups excluding carboxylic acids is 4. The Labute approximate surface area is 696 Å². The Hall–Kier alpha value is -1.94. The summed E-state index contributed by atoms with van der Waals surface area (Å²) in [5.74, 6) is 1.09. The van der Waals surface area contributed by atoms with Crippen LogP contribution in [0.15, 0.2) is 0 Å². The number of esters is 4. The number of unbranched alkanes of at least 4 members (excludes halogenated alkanes) is 56. The van der Waals surface area contributed by atoms with E-state index in [0.29, 0.717) is 25.7 Å². The monoisotopic (exact) mass is 1650 g/mol. The molecule has 0 aromatic rings. The van der Waals surface area contributed by atoms with Crippen LogP contribution < -0.4 is 0 Å². The van der Waals surface area contributed by atoms with E-state index in [0.717, 1.165) is 120 Å². The predicted molar refractivity (Wildman–Crippen MR) is 469 cm³/mol. The first-order valence-corrected chi connectivity index (χ1v) is 51.2. The first-order chi connectivity index (χ1) is 54.6. The largest absolute Gasteiger partial charge is 0.472 e. The molecule has 0 radical (unpaired) electrons. The van der Waals surface area contributed by atoms with Crippen LogP contribution in [0.1, 0.15) is 498 Å². The van der Waals surface area contributed by atoms with Crippen molar-refractivity contribution in [2.75, 3.05) is 39.6 Å². The molecular weight excluding hydrogens is 1460 g/mol. The quantitative estimate of drug-likeness (QED) is 0.0222. The summed E-state index contributed by atoms with van der Waals surface area (Å²) in [6.07, 6.45) is 75.3. The van der Waals surface area contributed by atoms with Gasteiger partial charge in [0.2, 0.25) is 0 Å². The molecular formula is C94H184O17P2. The topological polar surface area (TPSA) is 237 Å². The van der Waals surface area contributed by atoms with Gasteiger partial charge in [0.15, 0.2) is 12.2 Å². The Bertz CT molecular complexity index is 2180. The van der Waals surface area contributed by atoms with Gasteiger partial charge in [-0.05, 0) is 49.4 Å². The number of aliphatic hydroxyl groups is 1. The molecule has 0 aromatic heterocycles. The zero-order valence-electron chi connectivity index (χ0n) is 75.0. The molecule has 17 nitrogen and oxygen atoms in total. The standard InChI is InChI=1S/C94H184O17P2/c1-9-87(8)73-65-57-52-53-59-67-75-92(97)105-81-90(111-94(99)77-69-61-51-45-39-33-27-21-15-12-18-24-30-36-42-48-56-64-72-86(6)7)83-109-113(102,103)107-79-88(95)78-106-112(100,101)108-82-89(110-93(98)76-68-60-50-44-38-32-26-20-14-11-17-23-29-35-41-47-55-63-71-85(4)5)80-104-91(96)74-66-58-49-43-37-31-25-19-13-10-16-22-28-34-40-46-54-62-70-84(2)3/h84-90,95H,9-83H2,1-8H3,(H,100,101)(H,102,103)/t87?,88-,89-,90-/m1/s1. The maximum Gasteiger partial charge on any atom is 0.472 e. The average molecular weight is 1650 g/mol. The van der Waals surface area contributed by atoms with E-state index in [4.69, 9.17) is 37.0 Å². The minimum absolute atomic E-state index is 0.107. The molecule has 672 valence electrons. The van der Waals surface area contributed by atoms with E-state index in [-0.39, 0.29) is 25.7 Å². The van der Waals surface area contributed by atoms with Gasteiger partial charge in [0.25, 0.3) is 0 Å². The molecule has 0 aliphatic rings. The molecule has 3 unspecified atom stereocenters. The van der Waals surface area contributed by atoms with E-state index < -0.39 is 97.5 Å². The Morgan fingerprint density at radius 3 is 0.628 bits per heavy atom. The van der Waals surface area contributed by atoms with Crippen molar-refractivity contribution >= 4 is 39.5 Å². The van der Waals surface area contributed by atoms with Crippen molar-refractivity contribution < 1.29 is 80.2 Å². The fourth-order valence-corrected chi connectivity index (χ4v) is 16.3. The van der Waals surface area contributed by atoms with Crippen molar-refractivity contribution in [3.8, 4) is 0 Å². The Balaban J connectivity index is 5.21. The van der Waals surface area contributed by atoms with Crippen LogP contribution in [-0.2, 0) is 65.4 Å². The van der Waals surface area contributed by atoms with Gasteiger partial charge in [0.1, 0.15) is 19.3 Å². The van der Waals surface area contributed by atoms with Gasteiger partial charge in [0, 0.05) is 25.7 Å². The highest BCUT2D eigenvalue weighted by Crippen LogP contribution is 2.45. The third kappa shape index (κ3) is 86.3. The van der Waals surface area contributed by atoms with Gasteiger partial charge >= 0.3 is 39.5 Å². The van der Waals surface area contributed by atoms with Gasteiger partial charge < -0.3 is 33.8 Å². The van der Waals surface area contributed by atoms with Crippen molar-refractivity contribution in [1.29, 1.82) is 0 Å². The van der Waals surface area contributed by atoms with E-state index >= 15 is 0 Å². The van der Waals surface area contributed by atoms with Gasteiger partial charge in [-0.2, -0.15) is 0 Å². The van der Waals surface area contributed by atoms with E-state index in [1.54, 1.807) is 0 Å². The maximum atomic E-state index is 13.2. The Morgan fingerprint density at radius 2 is 0.425 bits per heavy atom. The summed E-state index contributed by atoms with van der Waals surface area (Å²) in [5.41, 5.74) is 0. The lowest BCUT2D eigenvalue weighted by molar-refractivity contribution is -0.161. The highest BCUT2D eigenvalue weighted by molar-refractivity contribution is 7.47. The van der Waals surface area contributed by atoms with Crippen LogP contribution >= 0.6 is 15.6 Å². The second-order valence-electron chi connectivity index (χ2n) is 35.4. The predicted octanol–water partition coefficient (Wildman–Crippen LogP) is 29.1. The number of phosphoric acid groups is 2. The number of carbonyl (C=O) groups is 4. The number of hydrogen-bond donors (Lipinski definition) is 3. The van der Waals surface area contributed by atoms with Gasteiger partial charge in [-0.25, -0.2) is 9.13 Å². The van der Waals surface area contributed by atoms with E-state index in [2.05, 4.69) is 55.4 Å². The number of rotatable bonds is 91. The normalized spacial score (nSPS) is 14.0. The second-order valence-corrected chi connectivity index (χ2v) is 38.3. The average Bonchev–Trinajstić information content (AvgIpc) is 0.897. The Morgan fingerprint density at radius 1 is 0.248 bits per heavy atom. The van der Waals surface area contributed by atoms with E-state index in [9.17, 15) is 43.2 Å². The molecule has 0 aromatic carbocycles. The zero-order chi connectivity index (χ0) is 83.0. The van der Waals surface area contributed by atoms with Crippen LogP contribution in [0.4, 0.5) is 0 Å². The molecule has 0 fully saturated rings. The molecule has 19 heteroatoms. The molecule has 0 bridgehead atoms. The van der Waals surface area contributed by atoms with Crippen LogP contribution in [0.25, 0.3) is 0 Å². The number of ether oxygens (including phenoxy) is 4. The number of aliphatic hydroxyl groups excluding tert-OH is 1. The van der Waals surface area contributed by atoms with Crippen molar-refractivity contribution in [3.05, 3.63) is 0 Å². The lowest BCUT2D eigenvalue weighted by Gasteiger charge is -2.21. The molecule has 0 heterocycles. The maximum absolute atomic E-state index is 13.2. The summed E-state index contributed by atoms with van der Waals surface area (Å²) < 4.78 is 69.1. The van der Waals surface area contributed by atoms with E-state index in [1.807, 2.05) is 0 Å². The van der Waals surface area contributed by atoms with Gasteiger partial charge in [-0.3, -0.25) is 37.3 Å². The summed E-state index contributed by atoms with van der Waals surface area (Å²) >= 11 is 0. The van der Waals surface area contributed by atoms with Crippen LogP contribution in [0.5, 0.6) is 0 Å². The van der Waals surface area contributed by atoms with Crippen LogP contribution in [0, 0.1) is 23.7 Å². The third-order valence-corrected chi connectivity index (χ3v) is 24.3. The van der Waals surface area contributed by atoms with Gasteiger partial charge in [0.05, 0.1) is 26.4 Å². The summed E-state index contributed by atoms with van der Waals surface area (Å²) in [5, 5.41) is 10.7. The smallest absolute Gasteiger partial charge is 0.462 e. The fraction of sp³-hybridized carbons (Fsp3) is 0.957. The first kappa shape index (κ1) is 111. The van der Waals surface area contributed by atoms with Crippen LogP contribution in [0.2, 0.25) is 0 Å². The van der Waals surface area contributed by atoms with Crippen molar-refractivity contribution in [2.24, 2.45) is 23.7 Å². The summed E-state index contributed by atoms with van der Waals surface area (Å²) in [6.45, 7) is 14.4. The lowest BCUT2D eigenvalue weighted by atomic mass is 10.00. The first-order valence-electron chi connectivity index (χ1n) is 48.2. The molecule has 0 aliphatic heterocycles. The van der Waals surface area contributed by atoms with Gasteiger partial charge in [-0.15, -0.1) is 0 Å². The molecule has 0 amide bonds. The second kappa shape index (κ2) is 82.4. The van der Waals surface area contributed by atoms with Crippen LogP contribution in [0.3, 0.4) is 0 Å². The highest BCUT2D eigenvalue weighted by atomic mass is 31.2. The molecule has 0 saturated heterocycles. The Kier molecular flexibility index (Phi) is 81.0. The molecule has 3 N–H and O–H groups in total. The van der Waals surface area contributed by atoms with E-state index in [1.165, 1.54) is 295 Å². The van der Waals surface area contributed by atoms with Crippen molar-refractivity contribution in [2.45, 2.75) is 517 Å². The molecule has 0 rings (SSSR count). The fourth-order valence-electron chi connectivity index (χ4n) is 14.7. The molecule has 0 aliphatic carbocycles. The van der Waals surface area contributed by atoms with Crippen molar-refractivity contribution in [1.82, 2.24) is 0 Å². The number of phosphoric ester groups is 2. The SMILES string of the molecule is CCC(C)CCCCCCCCC(=O)OC[C@H](COP(=O)(O)OC[C@H](O)COP(=O)(O)OC[C@@H](COC(=O)CCCCCCCCCCCCCCCCCCCCC(C)C)OC(=O)CCCCCCCCCCCCCCCCCCCCC(C)C)OC(=O)CCCCCCCCCCCCCCCCCCCCC(C)C. The molecule has 0 saturated carbocycles. The third-order valence-electron chi connectivity index (χ3n) is 22.4. The van der Waals surface area contributed by atoms with Gasteiger partial charge in [-0.1, -0.05) is 447 Å².